The van der Waals surface area contributed by atoms with Crippen molar-refractivity contribution in [1.82, 2.24) is 5.32 Å². The molecule has 0 heterocycles. The fourth-order valence-electron chi connectivity index (χ4n) is 2.91. The molecule has 1 fully saturated rings. The van der Waals surface area contributed by atoms with Crippen LogP contribution in [0.15, 0.2) is 0 Å². The summed E-state index contributed by atoms with van der Waals surface area (Å²) in [5.41, 5.74) is -0.992. The summed E-state index contributed by atoms with van der Waals surface area (Å²) in [6.45, 7) is 11.1. The van der Waals surface area contributed by atoms with Gasteiger partial charge in [0.1, 0.15) is 11.2 Å². The molecule has 134 valence electrons. The van der Waals surface area contributed by atoms with Crippen LogP contribution in [0, 0.1) is 5.92 Å². The van der Waals surface area contributed by atoms with Gasteiger partial charge < -0.3 is 14.8 Å². The van der Waals surface area contributed by atoms with Crippen molar-refractivity contribution in [2.75, 3.05) is 0 Å². The van der Waals surface area contributed by atoms with Crippen LogP contribution in [0.5, 0.6) is 0 Å². The Morgan fingerprint density at radius 1 is 1.00 bits per heavy atom. The molecule has 1 aliphatic carbocycles. The number of carbonyl (C=O) groups is 2. The van der Waals surface area contributed by atoms with Gasteiger partial charge in [0.25, 0.3) is 0 Å². The van der Waals surface area contributed by atoms with E-state index < -0.39 is 17.3 Å². The van der Waals surface area contributed by atoms with E-state index in [4.69, 9.17) is 9.47 Å². The van der Waals surface area contributed by atoms with Crippen molar-refractivity contribution in [3.05, 3.63) is 0 Å². The molecule has 0 spiro atoms. The number of hydrogen-bond donors (Lipinski definition) is 1. The number of hydrogen-bond acceptors (Lipinski definition) is 4. The first-order valence-corrected chi connectivity index (χ1v) is 8.68. The Kier molecular flexibility index (Phi) is 6.90. The minimum atomic E-state index is -0.518. The zero-order valence-electron chi connectivity index (χ0n) is 15.5. The fourth-order valence-corrected chi connectivity index (χ4v) is 2.91. The van der Waals surface area contributed by atoms with Gasteiger partial charge in [-0.1, -0.05) is 12.8 Å². The van der Waals surface area contributed by atoms with E-state index in [-0.39, 0.29) is 12.0 Å². The van der Waals surface area contributed by atoms with Crippen LogP contribution < -0.4 is 5.32 Å². The molecule has 0 radical (unpaired) electrons. The van der Waals surface area contributed by atoms with Crippen LogP contribution in [0.25, 0.3) is 0 Å². The Balaban J connectivity index is 2.56. The third-order valence-corrected chi connectivity index (χ3v) is 3.75. The fraction of sp³-hybridized carbons (Fsp3) is 0.889. The van der Waals surface area contributed by atoms with Gasteiger partial charge in [-0.05, 0) is 66.7 Å². The second-order valence-corrected chi connectivity index (χ2v) is 8.42. The Hall–Kier alpha value is -1.26. The van der Waals surface area contributed by atoms with Crippen LogP contribution in [0.2, 0.25) is 0 Å². The summed E-state index contributed by atoms with van der Waals surface area (Å²) < 4.78 is 10.7. The number of nitrogens with one attached hydrogen (secondary N) is 1. The number of ether oxygens (including phenoxy) is 2. The van der Waals surface area contributed by atoms with Gasteiger partial charge in [-0.15, -0.1) is 0 Å². The van der Waals surface area contributed by atoms with Crippen molar-refractivity contribution in [2.45, 2.75) is 97.3 Å². The smallest absolute Gasteiger partial charge is 0.407 e. The summed E-state index contributed by atoms with van der Waals surface area (Å²) in [6.07, 6.45) is 5.06. The Labute approximate surface area is 140 Å². The van der Waals surface area contributed by atoms with Gasteiger partial charge in [0.2, 0.25) is 0 Å². The lowest BCUT2D eigenvalue weighted by Crippen LogP contribution is -2.43. The molecule has 1 aliphatic rings. The number of esters is 1. The van der Waals surface area contributed by atoms with Gasteiger partial charge >= 0.3 is 12.1 Å². The predicted molar refractivity (Wildman–Crippen MR) is 90.2 cm³/mol. The van der Waals surface area contributed by atoms with Gasteiger partial charge in [-0.2, -0.15) is 0 Å². The van der Waals surface area contributed by atoms with Crippen molar-refractivity contribution in [1.29, 1.82) is 0 Å². The van der Waals surface area contributed by atoms with Crippen molar-refractivity contribution in [3.63, 3.8) is 0 Å². The third kappa shape index (κ3) is 8.82. The zero-order valence-corrected chi connectivity index (χ0v) is 15.5. The molecule has 0 aromatic carbocycles. The largest absolute Gasteiger partial charge is 0.460 e. The lowest BCUT2D eigenvalue weighted by Gasteiger charge is -2.27. The summed E-state index contributed by atoms with van der Waals surface area (Å²) in [7, 11) is 0. The van der Waals surface area contributed by atoms with Crippen molar-refractivity contribution >= 4 is 12.1 Å². The summed E-state index contributed by atoms with van der Waals surface area (Å²) in [6, 6.07) is -0.0279. The van der Waals surface area contributed by atoms with E-state index >= 15 is 0 Å². The molecule has 0 aromatic heterocycles. The lowest BCUT2D eigenvalue weighted by molar-refractivity contribution is -0.155. The first-order chi connectivity index (χ1) is 10.5. The average molecular weight is 327 g/mol. The first-order valence-electron chi connectivity index (χ1n) is 8.68. The van der Waals surface area contributed by atoms with E-state index in [1.165, 1.54) is 12.8 Å². The molecule has 1 N–H and O–H groups in total. The molecule has 0 saturated heterocycles. The molecule has 1 unspecified atom stereocenters. The SMILES string of the molecule is CC(C)(C)OC(=O)CCC(NC(=O)OC(C)(C)C)C1CCCC1. The number of alkyl carbamates (subject to hydrolysis) is 1. The van der Waals surface area contributed by atoms with Gasteiger partial charge in [-0.25, -0.2) is 4.79 Å². The highest BCUT2D eigenvalue weighted by Gasteiger charge is 2.29. The van der Waals surface area contributed by atoms with Gasteiger partial charge in [0.05, 0.1) is 0 Å². The number of carbonyl (C=O) groups excluding carboxylic acids is 2. The van der Waals surface area contributed by atoms with E-state index in [1.54, 1.807) is 0 Å². The molecule has 5 nitrogen and oxygen atoms in total. The molecular weight excluding hydrogens is 294 g/mol. The second kappa shape index (κ2) is 8.02. The maximum atomic E-state index is 12.0. The summed E-state index contributed by atoms with van der Waals surface area (Å²) in [4.78, 5) is 24.0. The zero-order chi connectivity index (χ0) is 17.7. The monoisotopic (exact) mass is 327 g/mol. The van der Waals surface area contributed by atoms with Crippen LogP contribution in [0.4, 0.5) is 4.79 Å². The van der Waals surface area contributed by atoms with E-state index in [9.17, 15) is 9.59 Å². The summed E-state index contributed by atoms with van der Waals surface area (Å²) in [5, 5.41) is 2.96. The Bertz CT molecular complexity index is 400. The summed E-state index contributed by atoms with van der Waals surface area (Å²) >= 11 is 0. The van der Waals surface area contributed by atoms with Gasteiger partial charge in [0, 0.05) is 12.5 Å². The van der Waals surface area contributed by atoms with Crippen LogP contribution >= 0.6 is 0 Å². The van der Waals surface area contributed by atoms with E-state index in [0.29, 0.717) is 18.8 Å². The summed E-state index contributed by atoms with van der Waals surface area (Å²) in [5.74, 6) is 0.205. The maximum Gasteiger partial charge on any atom is 0.407 e. The van der Waals surface area contributed by atoms with Crippen molar-refractivity contribution < 1.29 is 19.1 Å². The first kappa shape index (κ1) is 19.8. The molecule has 0 aliphatic heterocycles. The topological polar surface area (TPSA) is 64.6 Å². The predicted octanol–water partition coefficient (Wildman–Crippen LogP) is 4.19. The van der Waals surface area contributed by atoms with Crippen LogP contribution in [0.3, 0.4) is 0 Å². The Morgan fingerprint density at radius 2 is 1.52 bits per heavy atom. The van der Waals surface area contributed by atoms with E-state index in [0.717, 1.165) is 12.8 Å². The van der Waals surface area contributed by atoms with Crippen LogP contribution in [-0.4, -0.2) is 29.3 Å². The van der Waals surface area contributed by atoms with E-state index in [1.807, 2.05) is 41.5 Å². The molecule has 0 aromatic rings. The number of amides is 1. The standard InChI is InChI=1S/C18H33NO4/c1-17(2,3)22-15(20)12-11-14(13-9-7-8-10-13)19-16(21)23-18(4,5)6/h13-14H,7-12H2,1-6H3,(H,19,21). The van der Waals surface area contributed by atoms with Crippen LogP contribution in [-0.2, 0) is 14.3 Å². The molecule has 23 heavy (non-hydrogen) atoms. The minimum absolute atomic E-state index is 0.0279. The highest BCUT2D eigenvalue weighted by atomic mass is 16.6. The highest BCUT2D eigenvalue weighted by molar-refractivity contribution is 5.70. The molecule has 1 amide bonds. The van der Waals surface area contributed by atoms with Crippen molar-refractivity contribution in [3.8, 4) is 0 Å². The van der Waals surface area contributed by atoms with Crippen LogP contribution in [0.1, 0.15) is 80.1 Å². The Morgan fingerprint density at radius 3 is 2.00 bits per heavy atom. The van der Waals surface area contributed by atoms with Gasteiger partial charge in [-0.3, -0.25) is 4.79 Å². The minimum Gasteiger partial charge on any atom is -0.460 e. The lowest BCUT2D eigenvalue weighted by atomic mass is 9.94. The quantitative estimate of drug-likeness (QED) is 0.769. The third-order valence-electron chi connectivity index (χ3n) is 3.75. The molecule has 1 saturated carbocycles. The van der Waals surface area contributed by atoms with E-state index in [2.05, 4.69) is 5.32 Å². The van der Waals surface area contributed by atoms with Gasteiger partial charge in [0.15, 0.2) is 0 Å². The molecule has 0 bridgehead atoms. The molecule has 5 heteroatoms. The van der Waals surface area contributed by atoms with Crippen molar-refractivity contribution in [2.24, 2.45) is 5.92 Å². The normalized spacial score (nSPS) is 17.7. The molecule has 1 atom stereocenters. The molecular formula is C18H33NO4. The maximum absolute atomic E-state index is 12.0. The molecule has 1 rings (SSSR count). The number of rotatable bonds is 5. The highest BCUT2D eigenvalue weighted by Crippen LogP contribution is 2.30. The second-order valence-electron chi connectivity index (χ2n) is 8.42. The average Bonchev–Trinajstić information content (AvgIpc) is 2.83.